The highest BCUT2D eigenvalue weighted by Crippen LogP contribution is 2.05. The molecule has 1 aromatic rings. The summed E-state index contributed by atoms with van der Waals surface area (Å²) >= 11 is 0. The van der Waals surface area contributed by atoms with E-state index in [0.29, 0.717) is 19.3 Å². The van der Waals surface area contributed by atoms with Gasteiger partial charge in [0.15, 0.2) is 6.29 Å². The lowest BCUT2D eigenvalue weighted by molar-refractivity contribution is -0.138. The molecule has 0 aliphatic carbocycles. The van der Waals surface area contributed by atoms with Gasteiger partial charge in [0.1, 0.15) is 5.76 Å². The Bertz CT molecular complexity index is 281. The van der Waals surface area contributed by atoms with Gasteiger partial charge in [-0.3, -0.25) is 0 Å². The molecular formula is C14H25NO3. The summed E-state index contributed by atoms with van der Waals surface area (Å²) in [5, 5.41) is 3.45. The largest absolute Gasteiger partial charge is 0.469 e. The fourth-order valence-corrected chi connectivity index (χ4v) is 1.84. The number of rotatable bonds is 10. The molecule has 18 heavy (non-hydrogen) atoms. The van der Waals surface area contributed by atoms with Gasteiger partial charge in [0.2, 0.25) is 0 Å². The van der Waals surface area contributed by atoms with Crippen LogP contribution >= 0.6 is 0 Å². The Kier molecular flexibility index (Phi) is 7.73. The first-order valence-electron chi connectivity index (χ1n) is 6.75. The van der Waals surface area contributed by atoms with Crippen LogP contribution < -0.4 is 5.32 Å². The van der Waals surface area contributed by atoms with Crippen molar-refractivity contribution in [1.82, 2.24) is 5.32 Å². The van der Waals surface area contributed by atoms with E-state index in [0.717, 1.165) is 25.1 Å². The van der Waals surface area contributed by atoms with Gasteiger partial charge in [-0.05, 0) is 32.9 Å². The second-order valence-corrected chi connectivity index (χ2v) is 4.27. The normalized spacial score (nSPS) is 13.1. The zero-order chi connectivity index (χ0) is 13.2. The van der Waals surface area contributed by atoms with Gasteiger partial charge >= 0.3 is 0 Å². The third-order valence-electron chi connectivity index (χ3n) is 2.67. The third-order valence-corrected chi connectivity index (χ3v) is 2.67. The minimum absolute atomic E-state index is 0.0942. The lowest BCUT2D eigenvalue weighted by Gasteiger charge is -2.18. The topological polar surface area (TPSA) is 43.6 Å². The first kappa shape index (κ1) is 15.2. The average Bonchev–Trinajstić information content (AvgIpc) is 2.82. The smallest absolute Gasteiger partial charge is 0.158 e. The monoisotopic (exact) mass is 255 g/mol. The molecule has 1 rings (SSSR count). The Morgan fingerprint density at radius 1 is 1.28 bits per heavy atom. The van der Waals surface area contributed by atoms with Crippen LogP contribution in [0.5, 0.6) is 0 Å². The maximum Gasteiger partial charge on any atom is 0.158 e. The number of hydrogen-bond acceptors (Lipinski definition) is 4. The van der Waals surface area contributed by atoms with Gasteiger partial charge in [-0.2, -0.15) is 0 Å². The Morgan fingerprint density at radius 2 is 2.00 bits per heavy atom. The van der Waals surface area contributed by atoms with E-state index in [1.807, 2.05) is 26.0 Å². The minimum Gasteiger partial charge on any atom is -0.469 e. The van der Waals surface area contributed by atoms with Crippen LogP contribution in [0.3, 0.4) is 0 Å². The van der Waals surface area contributed by atoms with Crippen molar-refractivity contribution >= 4 is 0 Å². The van der Waals surface area contributed by atoms with Crippen molar-refractivity contribution in [3.05, 3.63) is 24.2 Å². The lowest BCUT2D eigenvalue weighted by Crippen LogP contribution is -2.32. The highest BCUT2D eigenvalue weighted by molar-refractivity contribution is 4.99. The second kappa shape index (κ2) is 9.14. The molecule has 0 aliphatic rings. The van der Waals surface area contributed by atoms with E-state index in [9.17, 15) is 0 Å². The van der Waals surface area contributed by atoms with Crippen molar-refractivity contribution in [2.75, 3.05) is 19.8 Å². The van der Waals surface area contributed by atoms with Gasteiger partial charge in [0.25, 0.3) is 0 Å². The van der Waals surface area contributed by atoms with Gasteiger partial charge in [0.05, 0.1) is 6.26 Å². The van der Waals surface area contributed by atoms with Gasteiger partial charge < -0.3 is 19.2 Å². The van der Waals surface area contributed by atoms with E-state index < -0.39 is 0 Å². The molecule has 1 unspecified atom stereocenters. The van der Waals surface area contributed by atoms with Gasteiger partial charge in [-0.15, -0.1) is 0 Å². The molecule has 0 saturated carbocycles. The summed E-state index contributed by atoms with van der Waals surface area (Å²) in [7, 11) is 0. The SMILES string of the molecule is CCOC(CCNC(C)Cc1ccco1)OCC. The van der Waals surface area contributed by atoms with E-state index in [-0.39, 0.29) is 6.29 Å². The Morgan fingerprint density at radius 3 is 2.56 bits per heavy atom. The summed E-state index contributed by atoms with van der Waals surface area (Å²) in [6.45, 7) is 8.38. The van der Waals surface area contributed by atoms with Crippen molar-refractivity contribution in [1.29, 1.82) is 0 Å². The van der Waals surface area contributed by atoms with Crippen LogP contribution in [-0.2, 0) is 15.9 Å². The minimum atomic E-state index is -0.0942. The van der Waals surface area contributed by atoms with Crippen LogP contribution in [0.2, 0.25) is 0 Å². The molecule has 1 atom stereocenters. The Labute approximate surface area is 110 Å². The fourth-order valence-electron chi connectivity index (χ4n) is 1.84. The van der Waals surface area contributed by atoms with E-state index in [2.05, 4.69) is 12.2 Å². The van der Waals surface area contributed by atoms with Crippen LogP contribution in [0, 0.1) is 0 Å². The molecule has 0 aliphatic heterocycles. The molecule has 1 heterocycles. The maximum absolute atomic E-state index is 5.49. The van der Waals surface area contributed by atoms with Crippen LogP contribution in [0.1, 0.15) is 33.0 Å². The lowest BCUT2D eigenvalue weighted by atomic mass is 10.2. The van der Waals surface area contributed by atoms with E-state index >= 15 is 0 Å². The highest BCUT2D eigenvalue weighted by Gasteiger charge is 2.09. The van der Waals surface area contributed by atoms with E-state index in [1.165, 1.54) is 0 Å². The number of hydrogen-bond donors (Lipinski definition) is 1. The standard InChI is InChI=1S/C14H25NO3/c1-4-16-14(17-5-2)8-9-15-12(3)11-13-7-6-10-18-13/h6-7,10,12,14-15H,4-5,8-9,11H2,1-3H3. The molecular weight excluding hydrogens is 230 g/mol. The van der Waals surface area contributed by atoms with Crippen molar-refractivity contribution in [3.8, 4) is 0 Å². The van der Waals surface area contributed by atoms with E-state index in [1.54, 1.807) is 6.26 Å². The molecule has 0 bridgehead atoms. The molecule has 4 nitrogen and oxygen atoms in total. The maximum atomic E-state index is 5.49. The molecule has 1 N–H and O–H groups in total. The third kappa shape index (κ3) is 6.19. The highest BCUT2D eigenvalue weighted by atomic mass is 16.7. The summed E-state index contributed by atoms with van der Waals surface area (Å²) < 4.78 is 16.3. The first-order valence-corrected chi connectivity index (χ1v) is 6.75. The summed E-state index contributed by atoms with van der Waals surface area (Å²) in [4.78, 5) is 0. The number of nitrogens with one attached hydrogen (secondary N) is 1. The predicted molar refractivity (Wildman–Crippen MR) is 71.5 cm³/mol. The average molecular weight is 255 g/mol. The first-order chi connectivity index (χ1) is 8.76. The predicted octanol–water partition coefficient (Wildman–Crippen LogP) is 2.59. The van der Waals surface area contributed by atoms with Gasteiger partial charge in [-0.1, -0.05) is 0 Å². The van der Waals surface area contributed by atoms with Crippen LogP contribution in [0.25, 0.3) is 0 Å². The molecule has 0 fully saturated rings. The zero-order valence-electron chi connectivity index (χ0n) is 11.6. The van der Waals surface area contributed by atoms with Gasteiger partial charge in [-0.25, -0.2) is 0 Å². The molecule has 1 aromatic heterocycles. The van der Waals surface area contributed by atoms with Crippen LogP contribution in [-0.4, -0.2) is 32.1 Å². The molecule has 0 amide bonds. The number of ether oxygens (including phenoxy) is 2. The second-order valence-electron chi connectivity index (χ2n) is 4.27. The van der Waals surface area contributed by atoms with Crippen molar-refractivity contribution in [2.45, 2.75) is 45.9 Å². The van der Waals surface area contributed by atoms with Crippen molar-refractivity contribution in [3.63, 3.8) is 0 Å². The molecule has 0 saturated heterocycles. The summed E-state index contributed by atoms with van der Waals surface area (Å²) in [6, 6.07) is 4.31. The van der Waals surface area contributed by atoms with Crippen LogP contribution in [0.15, 0.2) is 22.8 Å². The Balaban J connectivity index is 2.15. The molecule has 104 valence electrons. The quantitative estimate of drug-likeness (QED) is 0.653. The molecule has 0 aromatic carbocycles. The summed E-state index contributed by atoms with van der Waals surface area (Å²) in [5.74, 6) is 1.01. The molecule has 0 spiro atoms. The van der Waals surface area contributed by atoms with Gasteiger partial charge in [0, 0.05) is 38.6 Å². The molecule has 4 heteroatoms. The summed E-state index contributed by atoms with van der Waals surface area (Å²) in [6.07, 6.45) is 3.39. The number of furan rings is 1. The van der Waals surface area contributed by atoms with E-state index in [4.69, 9.17) is 13.9 Å². The molecule has 0 radical (unpaired) electrons. The van der Waals surface area contributed by atoms with Crippen molar-refractivity contribution in [2.24, 2.45) is 0 Å². The summed E-state index contributed by atoms with van der Waals surface area (Å²) in [5.41, 5.74) is 0. The van der Waals surface area contributed by atoms with Crippen LogP contribution in [0.4, 0.5) is 0 Å². The zero-order valence-corrected chi connectivity index (χ0v) is 11.6. The Hall–Kier alpha value is -0.840. The van der Waals surface area contributed by atoms with Crippen molar-refractivity contribution < 1.29 is 13.9 Å². The fraction of sp³-hybridized carbons (Fsp3) is 0.714.